The number of hydrazone groups is 1. The zero-order valence-corrected chi connectivity index (χ0v) is 16.6. The van der Waals surface area contributed by atoms with Gasteiger partial charge in [0.05, 0.1) is 22.8 Å². The van der Waals surface area contributed by atoms with Gasteiger partial charge in [-0.1, -0.05) is 12.1 Å². The normalized spacial score (nSPS) is 15.3. The van der Waals surface area contributed by atoms with Crippen LogP contribution in [-0.2, 0) is 27.7 Å². The van der Waals surface area contributed by atoms with Gasteiger partial charge in [0, 0.05) is 31.1 Å². The maximum Gasteiger partial charge on any atom is 0.190 e. The van der Waals surface area contributed by atoms with Gasteiger partial charge >= 0.3 is 0 Å². The number of thiazole rings is 1. The molecule has 0 atom stereocenters. The summed E-state index contributed by atoms with van der Waals surface area (Å²) in [6, 6.07) is 6.21. The number of Topliss-reactive ketones (excluding diaryl/α,β-unsaturated/α-hetero) is 1. The number of sulfone groups is 1. The Morgan fingerprint density at radius 2 is 1.93 bits per heavy atom. The highest BCUT2D eigenvalue weighted by Crippen LogP contribution is 2.17. The minimum Gasteiger partial charge on any atom is -0.391 e. The van der Waals surface area contributed by atoms with E-state index in [1.165, 1.54) is 23.5 Å². The minimum atomic E-state index is -3.30. The van der Waals surface area contributed by atoms with E-state index in [2.05, 4.69) is 10.1 Å². The number of hydrogen-bond acceptors (Lipinski definition) is 8. The van der Waals surface area contributed by atoms with Crippen LogP contribution in [0.2, 0.25) is 0 Å². The van der Waals surface area contributed by atoms with Crippen molar-refractivity contribution in [1.82, 2.24) is 9.99 Å². The number of hydrogen-bond donors (Lipinski definition) is 1. The highest BCUT2D eigenvalue weighted by Gasteiger charge is 2.20. The molecular weight excluding hydrogens is 386 g/mol. The first-order valence-electron chi connectivity index (χ1n) is 8.58. The van der Waals surface area contributed by atoms with Crippen molar-refractivity contribution in [2.75, 3.05) is 19.3 Å². The lowest BCUT2D eigenvalue weighted by atomic mass is 10.0. The summed E-state index contributed by atoms with van der Waals surface area (Å²) in [7, 11) is -3.30. The summed E-state index contributed by atoms with van der Waals surface area (Å²) in [5.41, 5.74) is 0.885. The molecule has 1 fully saturated rings. The molecule has 1 saturated heterocycles. The molecule has 27 heavy (non-hydrogen) atoms. The SMILES string of the molecule is CS(=O)(=O)c1ccc(/C(=N\N2CCCC2)C(=O)Cc2ncc(CO)s2)cc1. The molecule has 0 aliphatic carbocycles. The van der Waals surface area contributed by atoms with Gasteiger partial charge in [-0.2, -0.15) is 5.10 Å². The van der Waals surface area contributed by atoms with Crippen LogP contribution in [0, 0.1) is 0 Å². The van der Waals surface area contributed by atoms with Gasteiger partial charge in [-0.05, 0) is 25.0 Å². The molecule has 0 spiro atoms. The van der Waals surface area contributed by atoms with Gasteiger partial charge in [-0.25, -0.2) is 13.4 Å². The maximum absolute atomic E-state index is 12.9. The molecule has 0 radical (unpaired) electrons. The zero-order chi connectivity index (χ0) is 19.4. The smallest absolute Gasteiger partial charge is 0.190 e. The molecule has 0 unspecified atom stereocenters. The molecule has 3 rings (SSSR count). The number of rotatable bonds is 7. The molecule has 7 nitrogen and oxygen atoms in total. The van der Waals surface area contributed by atoms with Crippen molar-refractivity contribution in [2.24, 2.45) is 5.10 Å². The molecule has 0 amide bonds. The van der Waals surface area contributed by atoms with E-state index in [4.69, 9.17) is 5.11 Å². The van der Waals surface area contributed by atoms with Crippen molar-refractivity contribution >= 4 is 32.7 Å². The van der Waals surface area contributed by atoms with Gasteiger partial charge in [-0.3, -0.25) is 9.80 Å². The van der Waals surface area contributed by atoms with Crippen molar-refractivity contribution in [3.05, 3.63) is 45.9 Å². The van der Waals surface area contributed by atoms with Crippen molar-refractivity contribution in [3.8, 4) is 0 Å². The van der Waals surface area contributed by atoms with E-state index in [1.54, 1.807) is 18.3 Å². The second-order valence-corrected chi connectivity index (χ2v) is 9.60. The molecule has 9 heteroatoms. The quantitative estimate of drug-likeness (QED) is 0.701. The third-order valence-electron chi connectivity index (χ3n) is 4.21. The van der Waals surface area contributed by atoms with Crippen LogP contribution in [0.1, 0.15) is 28.3 Å². The average molecular weight is 408 g/mol. The second-order valence-electron chi connectivity index (χ2n) is 6.38. The fraction of sp³-hybridized carbons (Fsp3) is 0.389. The summed E-state index contributed by atoms with van der Waals surface area (Å²) in [6.07, 6.45) is 4.86. The first-order valence-corrected chi connectivity index (χ1v) is 11.3. The van der Waals surface area contributed by atoms with E-state index < -0.39 is 9.84 Å². The number of carbonyl (C=O) groups is 1. The Morgan fingerprint density at radius 1 is 1.26 bits per heavy atom. The lowest BCUT2D eigenvalue weighted by molar-refractivity contribution is -0.112. The predicted molar refractivity (Wildman–Crippen MR) is 104 cm³/mol. The molecule has 144 valence electrons. The molecule has 1 aromatic carbocycles. The maximum atomic E-state index is 12.9. The fourth-order valence-electron chi connectivity index (χ4n) is 2.80. The lowest BCUT2D eigenvalue weighted by Gasteiger charge is -2.14. The zero-order valence-electron chi connectivity index (χ0n) is 15.0. The molecular formula is C18H21N3O4S2. The van der Waals surface area contributed by atoms with E-state index in [0.29, 0.717) is 21.2 Å². The Morgan fingerprint density at radius 3 is 2.48 bits per heavy atom. The highest BCUT2D eigenvalue weighted by molar-refractivity contribution is 7.90. The summed E-state index contributed by atoms with van der Waals surface area (Å²) < 4.78 is 23.3. The van der Waals surface area contributed by atoms with E-state index >= 15 is 0 Å². The van der Waals surface area contributed by atoms with E-state index in [-0.39, 0.29) is 23.7 Å². The van der Waals surface area contributed by atoms with Gasteiger partial charge in [0.25, 0.3) is 0 Å². The van der Waals surface area contributed by atoms with Crippen LogP contribution in [-0.4, -0.2) is 54.4 Å². The Bertz CT molecular complexity index is 943. The van der Waals surface area contributed by atoms with Crippen LogP contribution in [0.15, 0.2) is 40.5 Å². The number of nitrogens with zero attached hydrogens (tertiary/aromatic N) is 3. The Balaban J connectivity index is 1.89. The van der Waals surface area contributed by atoms with Crippen LogP contribution < -0.4 is 0 Å². The molecule has 1 aliphatic rings. The Labute approximate surface area is 162 Å². The summed E-state index contributed by atoms with van der Waals surface area (Å²) in [5, 5.41) is 16.2. The fourth-order valence-corrected chi connectivity index (χ4v) is 4.21. The van der Waals surface area contributed by atoms with Crippen LogP contribution >= 0.6 is 11.3 Å². The standard InChI is InChI=1S/C18H21N3O4S2/c1-27(24,25)15-6-4-13(5-7-15)18(20-21-8-2-3-9-21)16(23)10-17-19-11-14(12-22)26-17/h4-7,11,22H,2-3,8-10,12H2,1H3/b20-18+. The summed E-state index contributed by atoms with van der Waals surface area (Å²) >= 11 is 1.29. The third kappa shape index (κ3) is 5.00. The van der Waals surface area contributed by atoms with E-state index in [9.17, 15) is 13.2 Å². The van der Waals surface area contributed by atoms with E-state index in [0.717, 1.165) is 32.2 Å². The van der Waals surface area contributed by atoms with Gasteiger partial charge in [0.2, 0.25) is 0 Å². The number of aliphatic hydroxyl groups excluding tert-OH is 1. The monoisotopic (exact) mass is 407 g/mol. The summed E-state index contributed by atoms with van der Waals surface area (Å²) in [5.74, 6) is -0.187. The molecule has 1 N–H and O–H groups in total. The van der Waals surface area contributed by atoms with Crippen LogP contribution in [0.25, 0.3) is 0 Å². The van der Waals surface area contributed by atoms with Crippen LogP contribution in [0.3, 0.4) is 0 Å². The lowest BCUT2D eigenvalue weighted by Crippen LogP contribution is -2.23. The topological polar surface area (TPSA) is 99.9 Å². The average Bonchev–Trinajstić information content (AvgIpc) is 3.30. The first kappa shape index (κ1) is 19.7. The highest BCUT2D eigenvalue weighted by atomic mass is 32.2. The van der Waals surface area contributed by atoms with Gasteiger partial charge in [0.1, 0.15) is 10.7 Å². The molecule has 2 aromatic rings. The number of benzene rings is 1. The van der Waals surface area contributed by atoms with Crippen molar-refractivity contribution in [3.63, 3.8) is 0 Å². The first-order chi connectivity index (χ1) is 12.9. The van der Waals surface area contributed by atoms with E-state index in [1.807, 2.05) is 5.01 Å². The minimum absolute atomic E-state index is 0.0885. The third-order valence-corrected chi connectivity index (χ3v) is 6.32. The predicted octanol–water partition coefficient (Wildman–Crippen LogP) is 1.65. The molecule has 1 aromatic heterocycles. The number of aliphatic hydroxyl groups is 1. The summed E-state index contributed by atoms with van der Waals surface area (Å²) in [4.78, 5) is 18.0. The number of aromatic nitrogens is 1. The van der Waals surface area contributed by atoms with Crippen LogP contribution in [0.5, 0.6) is 0 Å². The van der Waals surface area contributed by atoms with Gasteiger partial charge in [0.15, 0.2) is 15.6 Å². The van der Waals surface area contributed by atoms with Gasteiger partial charge < -0.3 is 5.11 Å². The largest absolute Gasteiger partial charge is 0.391 e. The summed E-state index contributed by atoms with van der Waals surface area (Å²) in [6.45, 7) is 1.49. The Hall–Kier alpha value is -2.10. The van der Waals surface area contributed by atoms with Crippen LogP contribution in [0.4, 0.5) is 0 Å². The second kappa shape index (κ2) is 8.28. The molecule has 0 bridgehead atoms. The molecule has 0 saturated carbocycles. The van der Waals surface area contributed by atoms with Gasteiger partial charge in [-0.15, -0.1) is 11.3 Å². The van der Waals surface area contributed by atoms with Crippen molar-refractivity contribution in [2.45, 2.75) is 30.8 Å². The number of carbonyl (C=O) groups excluding carboxylic acids is 1. The number of ketones is 1. The van der Waals surface area contributed by atoms with Crippen molar-refractivity contribution < 1.29 is 18.3 Å². The van der Waals surface area contributed by atoms with Crippen molar-refractivity contribution in [1.29, 1.82) is 0 Å². The molecule has 2 heterocycles. The Kier molecular flexibility index (Phi) is 6.03. The molecule has 1 aliphatic heterocycles.